The van der Waals surface area contributed by atoms with Gasteiger partial charge in [-0.2, -0.15) is 0 Å². The van der Waals surface area contributed by atoms with Gasteiger partial charge in [0.15, 0.2) is 0 Å². The molecule has 2 atom stereocenters. The van der Waals surface area contributed by atoms with Crippen molar-refractivity contribution in [1.29, 1.82) is 5.41 Å². The van der Waals surface area contributed by atoms with Gasteiger partial charge in [0.1, 0.15) is 17.0 Å². The van der Waals surface area contributed by atoms with Crippen molar-refractivity contribution in [3.8, 4) is 0 Å². The first-order valence-corrected chi connectivity index (χ1v) is 7.38. The van der Waals surface area contributed by atoms with E-state index in [0.717, 1.165) is 11.8 Å². The summed E-state index contributed by atoms with van der Waals surface area (Å²) >= 11 is 0. The monoisotopic (exact) mass is 295 g/mol. The van der Waals surface area contributed by atoms with Crippen molar-refractivity contribution in [2.75, 3.05) is 12.3 Å². The summed E-state index contributed by atoms with van der Waals surface area (Å²) in [6.45, 7) is 2.29. The summed E-state index contributed by atoms with van der Waals surface area (Å²) in [6.07, 6.45) is 2.30. The molecule has 2 unspecified atom stereocenters. The number of rotatable bonds is 4. The van der Waals surface area contributed by atoms with Gasteiger partial charge in [0.25, 0.3) is 0 Å². The summed E-state index contributed by atoms with van der Waals surface area (Å²) in [5.74, 6) is -0.964. The summed E-state index contributed by atoms with van der Waals surface area (Å²) in [5.41, 5.74) is 7.55. The zero-order valence-corrected chi connectivity index (χ0v) is 11.9. The van der Waals surface area contributed by atoms with Gasteiger partial charge in [-0.1, -0.05) is 0 Å². The minimum absolute atomic E-state index is 0.278. The SMILES string of the molecule is Cc1cc(C=N)c(N)c(S(=O)N2CCCC2C(=O)O)c1. The first-order valence-electron chi connectivity index (χ1n) is 6.27. The molecule has 0 spiro atoms. The van der Waals surface area contributed by atoms with Gasteiger partial charge in [-0.05, 0) is 37.5 Å². The van der Waals surface area contributed by atoms with Crippen LogP contribution in [-0.4, -0.2) is 38.4 Å². The maximum absolute atomic E-state index is 12.6. The Morgan fingerprint density at radius 1 is 1.60 bits per heavy atom. The van der Waals surface area contributed by atoms with Crippen LogP contribution in [0.4, 0.5) is 5.69 Å². The van der Waals surface area contributed by atoms with E-state index in [-0.39, 0.29) is 5.69 Å². The zero-order valence-electron chi connectivity index (χ0n) is 11.1. The van der Waals surface area contributed by atoms with Crippen molar-refractivity contribution < 1.29 is 14.1 Å². The fraction of sp³-hybridized carbons (Fsp3) is 0.385. The van der Waals surface area contributed by atoms with Gasteiger partial charge in [-0.15, -0.1) is 0 Å². The number of nitrogens with zero attached hydrogens (tertiary/aromatic N) is 1. The van der Waals surface area contributed by atoms with Crippen LogP contribution in [0.3, 0.4) is 0 Å². The molecule has 0 radical (unpaired) electrons. The van der Waals surface area contributed by atoms with Crippen LogP contribution in [0.1, 0.15) is 24.0 Å². The number of nitrogen functional groups attached to an aromatic ring is 1. The highest BCUT2D eigenvalue weighted by atomic mass is 32.2. The van der Waals surface area contributed by atoms with Crippen molar-refractivity contribution in [3.05, 3.63) is 23.3 Å². The van der Waals surface area contributed by atoms with Crippen molar-refractivity contribution in [2.24, 2.45) is 0 Å². The average Bonchev–Trinajstić information content (AvgIpc) is 2.89. The number of nitrogens with one attached hydrogen (secondary N) is 1. The van der Waals surface area contributed by atoms with Crippen molar-refractivity contribution >= 4 is 28.9 Å². The van der Waals surface area contributed by atoms with Gasteiger partial charge in [-0.25, -0.2) is 8.51 Å². The van der Waals surface area contributed by atoms with Crippen LogP contribution < -0.4 is 5.73 Å². The Hall–Kier alpha value is -1.73. The van der Waals surface area contributed by atoms with Gasteiger partial charge < -0.3 is 16.2 Å². The van der Waals surface area contributed by atoms with Crippen LogP contribution in [0.2, 0.25) is 0 Å². The molecule has 4 N–H and O–H groups in total. The molecule has 2 rings (SSSR count). The Kier molecular flexibility index (Phi) is 4.20. The molecule has 108 valence electrons. The molecular formula is C13H17N3O3S. The number of aryl methyl sites for hydroxylation is 1. The molecule has 20 heavy (non-hydrogen) atoms. The predicted molar refractivity (Wildman–Crippen MR) is 77.2 cm³/mol. The second-order valence-corrected chi connectivity index (χ2v) is 6.20. The van der Waals surface area contributed by atoms with E-state index in [4.69, 9.17) is 16.2 Å². The van der Waals surface area contributed by atoms with Gasteiger partial charge in [0.2, 0.25) is 0 Å². The number of benzene rings is 1. The number of anilines is 1. The third-order valence-corrected chi connectivity index (χ3v) is 4.94. The fourth-order valence-corrected chi connectivity index (χ4v) is 3.93. The van der Waals surface area contributed by atoms with Crippen LogP contribution in [-0.2, 0) is 15.8 Å². The Morgan fingerprint density at radius 3 is 2.90 bits per heavy atom. The summed E-state index contributed by atoms with van der Waals surface area (Å²) in [5, 5.41) is 16.5. The lowest BCUT2D eigenvalue weighted by Gasteiger charge is -2.21. The number of carboxylic acids is 1. The second-order valence-electron chi connectivity index (χ2n) is 4.80. The van der Waals surface area contributed by atoms with E-state index < -0.39 is 23.0 Å². The van der Waals surface area contributed by atoms with Crippen molar-refractivity contribution in [2.45, 2.75) is 30.7 Å². The molecule has 1 aromatic rings. The van der Waals surface area contributed by atoms with Crippen LogP contribution in [0.5, 0.6) is 0 Å². The van der Waals surface area contributed by atoms with E-state index >= 15 is 0 Å². The van der Waals surface area contributed by atoms with Crippen LogP contribution >= 0.6 is 0 Å². The van der Waals surface area contributed by atoms with E-state index in [1.54, 1.807) is 12.1 Å². The molecule has 1 saturated heterocycles. The standard InChI is InChI=1S/C13H17N3O3S/c1-8-5-9(7-14)12(15)11(6-8)20(19)16-4-2-3-10(16)13(17)18/h5-7,10,14H,2-4,15H2,1H3,(H,17,18). The smallest absolute Gasteiger partial charge is 0.321 e. The highest BCUT2D eigenvalue weighted by Crippen LogP contribution is 2.28. The third-order valence-electron chi connectivity index (χ3n) is 3.36. The Labute approximate surface area is 119 Å². The number of nitrogens with two attached hydrogens (primary N) is 1. The van der Waals surface area contributed by atoms with Gasteiger partial charge in [-0.3, -0.25) is 4.79 Å². The third kappa shape index (κ3) is 2.59. The molecular weight excluding hydrogens is 278 g/mol. The minimum atomic E-state index is -1.62. The number of aliphatic carboxylic acids is 1. The maximum atomic E-state index is 12.6. The van der Waals surface area contributed by atoms with Crippen molar-refractivity contribution in [3.63, 3.8) is 0 Å². The summed E-state index contributed by atoms with van der Waals surface area (Å²) in [7, 11) is -1.62. The molecule has 1 aliphatic rings. The molecule has 6 nitrogen and oxygen atoms in total. The van der Waals surface area contributed by atoms with E-state index in [2.05, 4.69) is 0 Å². The number of hydrogen-bond acceptors (Lipinski definition) is 4. The minimum Gasteiger partial charge on any atom is -0.480 e. The molecule has 7 heteroatoms. The summed E-state index contributed by atoms with van der Waals surface area (Å²) in [4.78, 5) is 11.6. The lowest BCUT2D eigenvalue weighted by Crippen LogP contribution is -2.37. The van der Waals surface area contributed by atoms with Crippen LogP contribution in [0, 0.1) is 12.3 Å². The second kappa shape index (κ2) is 5.72. The number of carbonyl (C=O) groups is 1. The highest BCUT2D eigenvalue weighted by Gasteiger charge is 2.35. The van der Waals surface area contributed by atoms with Gasteiger partial charge >= 0.3 is 5.97 Å². The Morgan fingerprint density at radius 2 is 2.30 bits per heavy atom. The average molecular weight is 295 g/mol. The molecule has 1 heterocycles. The highest BCUT2D eigenvalue weighted by molar-refractivity contribution is 7.83. The van der Waals surface area contributed by atoms with E-state index in [1.807, 2.05) is 6.92 Å². The van der Waals surface area contributed by atoms with E-state index in [1.165, 1.54) is 4.31 Å². The van der Waals surface area contributed by atoms with Crippen LogP contribution in [0.25, 0.3) is 0 Å². The number of carboxylic acid groups (broad SMARTS) is 1. The van der Waals surface area contributed by atoms with Gasteiger partial charge in [0.05, 0.1) is 10.6 Å². The molecule has 0 aromatic heterocycles. The quantitative estimate of drug-likeness (QED) is 0.572. The zero-order chi connectivity index (χ0) is 14.9. The first-order chi connectivity index (χ1) is 9.45. The lowest BCUT2D eigenvalue weighted by molar-refractivity contribution is -0.140. The summed E-state index contributed by atoms with van der Waals surface area (Å²) in [6, 6.07) is 2.69. The van der Waals surface area contributed by atoms with Crippen LogP contribution in [0.15, 0.2) is 17.0 Å². The Balaban J connectivity index is 2.41. The van der Waals surface area contributed by atoms with E-state index in [0.29, 0.717) is 29.8 Å². The summed E-state index contributed by atoms with van der Waals surface area (Å²) < 4.78 is 14.1. The molecule has 1 fully saturated rings. The number of hydrogen-bond donors (Lipinski definition) is 3. The van der Waals surface area contributed by atoms with Gasteiger partial charge in [0, 0.05) is 18.3 Å². The van der Waals surface area contributed by atoms with Crippen molar-refractivity contribution in [1.82, 2.24) is 4.31 Å². The molecule has 1 aliphatic heterocycles. The molecule has 0 bridgehead atoms. The maximum Gasteiger partial charge on any atom is 0.321 e. The molecule has 0 aliphatic carbocycles. The first kappa shape index (κ1) is 14.7. The molecule has 0 amide bonds. The molecule has 0 saturated carbocycles. The Bertz CT molecular complexity index is 588. The topological polar surface area (TPSA) is 107 Å². The lowest BCUT2D eigenvalue weighted by atomic mass is 10.1. The fourth-order valence-electron chi connectivity index (χ4n) is 2.37. The van der Waals surface area contributed by atoms with E-state index in [9.17, 15) is 9.00 Å². The predicted octanol–water partition coefficient (Wildman–Crippen LogP) is 1.15. The largest absolute Gasteiger partial charge is 0.480 e. The normalized spacial score (nSPS) is 20.8. The molecule has 1 aromatic carbocycles.